The maximum Gasteiger partial charge on any atom is 0.219 e. The molecule has 2 aliphatic rings. The number of hydrogen-bond acceptors (Lipinski definition) is 2. The van der Waals surface area contributed by atoms with Crippen LogP contribution in [0.5, 0.6) is 0 Å². The van der Waals surface area contributed by atoms with Crippen LogP contribution in [0.15, 0.2) is 0 Å². The first-order chi connectivity index (χ1) is 7.16. The molecule has 1 amide bonds. The number of amides is 1. The lowest BCUT2D eigenvalue weighted by atomic mass is 9.96. The Labute approximate surface area is 92.4 Å². The normalized spacial score (nSPS) is 24.1. The molecule has 86 valence electrons. The second-order valence-electron chi connectivity index (χ2n) is 5.15. The second kappa shape index (κ2) is 4.52. The monoisotopic (exact) mass is 210 g/mol. The van der Waals surface area contributed by atoms with Crippen molar-refractivity contribution in [3.05, 3.63) is 0 Å². The predicted molar refractivity (Wildman–Crippen MR) is 60.6 cm³/mol. The van der Waals surface area contributed by atoms with E-state index in [1.807, 2.05) is 0 Å². The number of nitrogens with zero attached hydrogens (tertiary/aromatic N) is 2. The molecular formula is C12H22N2O. The quantitative estimate of drug-likeness (QED) is 0.702. The summed E-state index contributed by atoms with van der Waals surface area (Å²) in [6.45, 7) is 5.11. The molecule has 0 N–H and O–H groups in total. The molecule has 2 fully saturated rings. The van der Waals surface area contributed by atoms with Gasteiger partial charge in [0.1, 0.15) is 0 Å². The van der Waals surface area contributed by atoms with Crippen LogP contribution in [0.2, 0.25) is 0 Å². The van der Waals surface area contributed by atoms with E-state index in [2.05, 4.69) is 16.8 Å². The fourth-order valence-corrected chi connectivity index (χ4v) is 2.44. The number of rotatable bonds is 3. The van der Waals surface area contributed by atoms with Gasteiger partial charge in [-0.05, 0) is 51.7 Å². The summed E-state index contributed by atoms with van der Waals surface area (Å²) >= 11 is 0. The van der Waals surface area contributed by atoms with Crippen molar-refractivity contribution < 1.29 is 4.79 Å². The van der Waals surface area contributed by atoms with Crippen LogP contribution in [0.3, 0.4) is 0 Å². The van der Waals surface area contributed by atoms with E-state index >= 15 is 0 Å². The van der Waals surface area contributed by atoms with Gasteiger partial charge in [-0.1, -0.05) is 0 Å². The van der Waals surface area contributed by atoms with Crippen molar-refractivity contribution in [1.29, 1.82) is 0 Å². The lowest BCUT2D eigenvalue weighted by Crippen LogP contribution is -2.40. The fourth-order valence-electron chi connectivity index (χ4n) is 2.44. The number of carbonyl (C=O) groups excluding carboxylic acids is 1. The van der Waals surface area contributed by atoms with E-state index in [0.717, 1.165) is 12.5 Å². The average molecular weight is 210 g/mol. The van der Waals surface area contributed by atoms with Gasteiger partial charge in [0.15, 0.2) is 0 Å². The summed E-state index contributed by atoms with van der Waals surface area (Å²) in [7, 11) is 2.18. The minimum Gasteiger partial charge on any atom is -0.340 e. The number of piperidine rings is 1. The second-order valence-corrected chi connectivity index (χ2v) is 5.15. The molecule has 0 aromatic heterocycles. The topological polar surface area (TPSA) is 23.6 Å². The first kappa shape index (κ1) is 10.9. The first-order valence-corrected chi connectivity index (χ1v) is 6.12. The zero-order valence-electron chi connectivity index (χ0n) is 9.91. The van der Waals surface area contributed by atoms with Crippen LogP contribution in [0.25, 0.3) is 0 Å². The highest BCUT2D eigenvalue weighted by atomic mass is 16.2. The van der Waals surface area contributed by atoms with Crippen LogP contribution in [0, 0.1) is 5.92 Å². The molecule has 0 bridgehead atoms. The van der Waals surface area contributed by atoms with Crippen molar-refractivity contribution in [2.24, 2.45) is 5.92 Å². The molecule has 3 heteroatoms. The summed E-state index contributed by atoms with van der Waals surface area (Å²) in [6.07, 6.45) is 4.97. The largest absolute Gasteiger partial charge is 0.340 e. The molecule has 0 radical (unpaired) electrons. The van der Waals surface area contributed by atoms with Crippen molar-refractivity contribution >= 4 is 5.91 Å². The van der Waals surface area contributed by atoms with Crippen molar-refractivity contribution in [3.8, 4) is 0 Å². The smallest absolute Gasteiger partial charge is 0.219 e. The van der Waals surface area contributed by atoms with E-state index in [0.29, 0.717) is 6.04 Å². The molecule has 1 aliphatic heterocycles. The maximum absolute atomic E-state index is 11.5. The highest BCUT2D eigenvalue weighted by molar-refractivity contribution is 5.74. The van der Waals surface area contributed by atoms with E-state index in [-0.39, 0.29) is 5.91 Å². The standard InChI is InChI=1S/C12H22N2O/c1-10(15)14(12-3-4-12)9-11-5-7-13(2)8-6-11/h11-12H,3-9H2,1-2H3. The number of carbonyl (C=O) groups is 1. The summed E-state index contributed by atoms with van der Waals surface area (Å²) in [5.74, 6) is 1.02. The van der Waals surface area contributed by atoms with Gasteiger partial charge in [-0.3, -0.25) is 4.79 Å². The zero-order chi connectivity index (χ0) is 10.8. The fraction of sp³-hybridized carbons (Fsp3) is 0.917. The highest BCUT2D eigenvalue weighted by Gasteiger charge is 2.32. The van der Waals surface area contributed by atoms with Gasteiger partial charge in [0.25, 0.3) is 0 Å². The van der Waals surface area contributed by atoms with Crippen LogP contribution in [0.4, 0.5) is 0 Å². The van der Waals surface area contributed by atoms with Gasteiger partial charge in [0.05, 0.1) is 0 Å². The maximum atomic E-state index is 11.5. The van der Waals surface area contributed by atoms with Gasteiger partial charge >= 0.3 is 0 Å². The molecule has 0 aromatic rings. The van der Waals surface area contributed by atoms with Crippen LogP contribution in [-0.4, -0.2) is 48.4 Å². The van der Waals surface area contributed by atoms with Gasteiger partial charge < -0.3 is 9.80 Å². The molecule has 0 spiro atoms. The molecule has 1 saturated carbocycles. The van der Waals surface area contributed by atoms with Gasteiger partial charge in [0.2, 0.25) is 5.91 Å². The molecule has 3 nitrogen and oxygen atoms in total. The average Bonchev–Trinajstić information content (AvgIpc) is 3.00. The summed E-state index contributed by atoms with van der Waals surface area (Å²) in [4.78, 5) is 16.0. The van der Waals surface area contributed by atoms with Crippen LogP contribution < -0.4 is 0 Å². The van der Waals surface area contributed by atoms with Gasteiger partial charge in [-0.25, -0.2) is 0 Å². The Balaban J connectivity index is 1.81. The molecule has 0 atom stereocenters. The van der Waals surface area contributed by atoms with E-state index in [9.17, 15) is 4.79 Å². The predicted octanol–water partition coefficient (Wildman–Crippen LogP) is 1.34. The van der Waals surface area contributed by atoms with Crippen molar-refractivity contribution in [3.63, 3.8) is 0 Å². The van der Waals surface area contributed by atoms with Crippen molar-refractivity contribution in [1.82, 2.24) is 9.80 Å². The molecule has 1 saturated heterocycles. The Morgan fingerprint density at radius 3 is 2.33 bits per heavy atom. The molecular weight excluding hydrogens is 188 g/mol. The Morgan fingerprint density at radius 1 is 1.27 bits per heavy atom. The molecule has 0 unspecified atom stereocenters. The lowest BCUT2D eigenvalue weighted by molar-refractivity contribution is -0.130. The summed E-state index contributed by atoms with van der Waals surface area (Å²) < 4.78 is 0. The van der Waals surface area contributed by atoms with E-state index in [4.69, 9.17) is 0 Å². The van der Waals surface area contributed by atoms with Crippen LogP contribution >= 0.6 is 0 Å². The number of hydrogen-bond donors (Lipinski definition) is 0. The Kier molecular flexibility index (Phi) is 3.29. The summed E-state index contributed by atoms with van der Waals surface area (Å²) in [6, 6.07) is 0.585. The first-order valence-electron chi connectivity index (χ1n) is 6.12. The lowest BCUT2D eigenvalue weighted by Gasteiger charge is -2.32. The summed E-state index contributed by atoms with van der Waals surface area (Å²) in [5, 5.41) is 0. The van der Waals surface area contributed by atoms with Crippen molar-refractivity contribution in [2.75, 3.05) is 26.7 Å². The highest BCUT2D eigenvalue weighted by Crippen LogP contribution is 2.29. The van der Waals surface area contributed by atoms with Crippen LogP contribution in [-0.2, 0) is 4.79 Å². The van der Waals surface area contributed by atoms with E-state index in [1.165, 1.54) is 38.8 Å². The molecule has 1 aliphatic carbocycles. The zero-order valence-corrected chi connectivity index (χ0v) is 9.91. The minimum absolute atomic E-state index is 0.274. The SMILES string of the molecule is CC(=O)N(CC1CCN(C)CC1)C1CC1. The Hall–Kier alpha value is -0.570. The number of likely N-dealkylation sites (tertiary alicyclic amines) is 1. The van der Waals surface area contributed by atoms with Gasteiger partial charge in [-0.2, -0.15) is 0 Å². The summed E-state index contributed by atoms with van der Waals surface area (Å²) in [5.41, 5.74) is 0. The minimum atomic E-state index is 0.274. The van der Waals surface area contributed by atoms with Crippen LogP contribution in [0.1, 0.15) is 32.6 Å². The molecule has 2 rings (SSSR count). The Morgan fingerprint density at radius 2 is 1.87 bits per heavy atom. The van der Waals surface area contributed by atoms with E-state index in [1.54, 1.807) is 6.92 Å². The molecule has 15 heavy (non-hydrogen) atoms. The van der Waals surface area contributed by atoms with Gasteiger partial charge in [-0.15, -0.1) is 0 Å². The molecule has 1 heterocycles. The van der Waals surface area contributed by atoms with Gasteiger partial charge in [0, 0.05) is 19.5 Å². The third-order valence-electron chi connectivity index (χ3n) is 3.69. The third-order valence-corrected chi connectivity index (χ3v) is 3.69. The van der Waals surface area contributed by atoms with E-state index < -0.39 is 0 Å². The third kappa shape index (κ3) is 2.94. The Bertz CT molecular complexity index is 230. The van der Waals surface area contributed by atoms with Crippen molar-refractivity contribution in [2.45, 2.75) is 38.6 Å². The molecule has 0 aromatic carbocycles.